The smallest absolute Gasteiger partial charge is 0.0471 e. The summed E-state index contributed by atoms with van der Waals surface area (Å²) in [5, 5.41) is 0. The summed E-state index contributed by atoms with van der Waals surface area (Å²) in [6, 6.07) is 0. The van der Waals surface area contributed by atoms with Crippen LogP contribution in [0.2, 0.25) is 0 Å². The van der Waals surface area contributed by atoms with E-state index in [1.165, 1.54) is 19.3 Å². The standard InChI is InChI=1S/C8H18.C5H12/c1-7(2)5-6-8(3)4;1-4-5(2)3/h7-8H,5-6H2,1-4H3;5H,4H2,1-3H3. The Kier molecular flexibility index (Phi) is 12.0. The average molecular weight is 186 g/mol. The van der Waals surface area contributed by atoms with E-state index in [0.717, 1.165) is 17.8 Å². The van der Waals surface area contributed by atoms with Gasteiger partial charge in [-0.2, -0.15) is 0 Å². The molecule has 0 heteroatoms. The Balaban J connectivity index is 0. The summed E-state index contributed by atoms with van der Waals surface area (Å²) >= 11 is 0. The van der Waals surface area contributed by atoms with Gasteiger partial charge in [0.05, 0.1) is 0 Å². The van der Waals surface area contributed by atoms with Crippen molar-refractivity contribution in [2.75, 3.05) is 0 Å². The van der Waals surface area contributed by atoms with E-state index >= 15 is 0 Å². The summed E-state index contributed by atoms with van der Waals surface area (Å²) in [6.07, 6.45) is 4.08. The summed E-state index contributed by atoms with van der Waals surface area (Å²) in [6.45, 7) is 15.8. The van der Waals surface area contributed by atoms with Gasteiger partial charge in [0.25, 0.3) is 0 Å². The van der Waals surface area contributed by atoms with Crippen molar-refractivity contribution in [2.24, 2.45) is 17.8 Å². The molecule has 0 atom stereocenters. The van der Waals surface area contributed by atoms with Crippen molar-refractivity contribution in [3.63, 3.8) is 0 Å². The van der Waals surface area contributed by atoms with Crippen molar-refractivity contribution in [3.05, 3.63) is 0 Å². The van der Waals surface area contributed by atoms with Crippen LogP contribution in [-0.4, -0.2) is 0 Å². The van der Waals surface area contributed by atoms with E-state index in [4.69, 9.17) is 0 Å². The monoisotopic (exact) mass is 186 g/mol. The third-order valence-corrected chi connectivity index (χ3v) is 2.14. The maximum atomic E-state index is 2.28. The van der Waals surface area contributed by atoms with E-state index in [-0.39, 0.29) is 0 Å². The lowest BCUT2D eigenvalue weighted by Crippen LogP contribution is -1.91. The largest absolute Gasteiger partial charge is 0.0651 e. The third-order valence-electron chi connectivity index (χ3n) is 2.14. The van der Waals surface area contributed by atoms with Crippen LogP contribution in [-0.2, 0) is 0 Å². The van der Waals surface area contributed by atoms with Gasteiger partial charge in [0.1, 0.15) is 0 Å². The molecule has 0 amide bonds. The van der Waals surface area contributed by atoms with Crippen LogP contribution in [0, 0.1) is 17.8 Å². The lowest BCUT2D eigenvalue weighted by molar-refractivity contribution is 0.476. The van der Waals surface area contributed by atoms with Crippen molar-refractivity contribution >= 4 is 0 Å². The van der Waals surface area contributed by atoms with Gasteiger partial charge in [-0.05, 0) is 17.8 Å². The fourth-order valence-electron chi connectivity index (χ4n) is 0.667. The zero-order chi connectivity index (χ0) is 10.9. The molecular weight excluding hydrogens is 156 g/mol. The summed E-state index contributed by atoms with van der Waals surface area (Å²) < 4.78 is 0. The zero-order valence-electron chi connectivity index (χ0n) is 10.9. The SMILES string of the molecule is CC(C)CCC(C)C.CCC(C)C. The number of rotatable bonds is 4. The summed E-state index contributed by atoms with van der Waals surface area (Å²) in [7, 11) is 0. The molecule has 0 heterocycles. The minimum Gasteiger partial charge on any atom is -0.0651 e. The Morgan fingerprint density at radius 2 is 0.846 bits per heavy atom. The van der Waals surface area contributed by atoms with Crippen LogP contribution < -0.4 is 0 Å². The van der Waals surface area contributed by atoms with Gasteiger partial charge in [0, 0.05) is 0 Å². The third kappa shape index (κ3) is 24.5. The maximum absolute atomic E-state index is 2.28. The highest BCUT2D eigenvalue weighted by molar-refractivity contribution is 4.48. The van der Waals surface area contributed by atoms with Crippen LogP contribution in [0.4, 0.5) is 0 Å². The van der Waals surface area contributed by atoms with E-state index in [9.17, 15) is 0 Å². The first kappa shape index (κ1) is 15.5. The predicted octanol–water partition coefficient (Wildman–Crippen LogP) is 5.13. The van der Waals surface area contributed by atoms with Gasteiger partial charge in [-0.3, -0.25) is 0 Å². The number of hydrogen-bond acceptors (Lipinski definition) is 0. The highest BCUT2D eigenvalue weighted by Gasteiger charge is 1.95. The molecule has 0 saturated carbocycles. The summed E-state index contributed by atoms with van der Waals surface area (Å²) in [5.74, 6) is 2.66. The van der Waals surface area contributed by atoms with Gasteiger partial charge in [-0.15, -0.1) is 0 Å². The fraction of sp³-hybridized carbons (Fsp3) is 1.00. The minimum absolute atomic E-state index is 0.884. The van der Waals surface area contributed by atoms with E-state index < -0.39 is 0 Å². The van der Waals surface area contributed by atoms with Crippen LogP contribution in [0.1, 0.15) is 67.7 Å². The van der Waals surface area contributed by atoms with Crippen molar-refractivity contribution in [1.82, 2.24) is 0 Å². The van der Waals surface area contributed by atoms with E-state index in [0.29, 0.717) is 0 Å². The van der Waals surface area contributed by atoms with Gasteiger partial charge in [0.15, 0.2) is 0 Å². The molecule has 82 valence electrons. The van der Waals surface area contributed by atoms with Gasteiger partial charge < -0.3 is 0 Å². The molecule has 0 saturated heterocycles. The molecule has 0 aromatic carbocycles. The van der Waals surface area contributed by atoms with Crippen molar-refractivity contribution in [3.8, 4) is 0 Å². The molecule has 0 aliphatic rings. The molecule has 0 rings (SSSR count). The minimum atomic E-state index is 0.884. The molecule has 0 nitrogen and oxygen atoms in total. The quantitative estimate of drug-likeness (QED) is 0.571. The maximum Gasteiger partial charge on any atom is -0.0471 e. The summed E-state index contributed by atoms with van der Waals surface area (Å²) in [4.78, 5) is 0. The molecule has 0 radical (unpaired) electrons. The lowest BCUT2D eigenvalue weighted by Gasteiger charge is -2.05. The van der Waals surface area contributed by atoms with Gasteiger partial charge in [-0.1, -0.05) is 67.7 Å². The average Bonchev–Trinajstić information content (AvgIpc) is 2.02. The van der Waals surface area contributed by atoms with E-state index in [1.54, 1.807) is 0 Å². The van der Waals surface area contributed by atoms with Crippen LogP contribution in [0.3, 0.4) is 0 Å². The van der Waals surface area contributed by atoms with Gasteiger partial charge in [-0.25, -0.2) is 0 Å². The Hall–Kier alpha value is 0. The fourth-order valence-corrected chi connectivity index (χ4v) is 0.667. The molecule has 0 unspecified atom stereocenters. The van der Waals surface area contributed by atoms with Crippen molar-refractivity contribution in [1.29, 1.82) is 0 Å². The van der Waals surface area contributed by atoms with E-state index in [2.05, 4.69) is 48.5 Å². The Morgan fingerprint density at radius 3 is 0.923 bits per heavy atom. The molecule has 0 fully saturated rings. The molecule has 0 spiro atoms. The first-order valence-electron chi connectivity index (χ1n) is 5.90. The molecular formula is C13H30. The molecule has 0 aromatic heterocycles. The normalized spacial score (nSPS) is 10.6. The second-order valence-electron chi connectivity index (χ2n) is 5.17. The molecule has 0 aromatic rings. The van der Waals surface area contributed by atoms with Crippen LogP contribution in [0.25, 0.3) is 0 Å². The molecule has 0 bridgehead atoms. The van der Waals surface area contributed by atoms with Gasteiger partial charge >= 0.3 is 0 Å². The zero-order valence-corrected chi connectivity index (χ0v) is 10.9. The number of hydrogen-bond donors (Lipinski definition) is 0. The predicted molar refractivity (Wildman–Crippen MR) is 64.0 cm³/mol. The second kappa shape index (κ2) is 10.1. The molecule has 13 heavy (non-hydrogen) atoms. The Labute approximate surface area is 86.1 Å². The lowest BCUT2D eigenvalue weighted by atomic mass is 10.0. The second-order valence-corrected chi connectivity index (χ2v) is 5.17. The molecule has 0 aliphatic heterocycles. The summed E-state index contributed by atoms with van der Waals surface area (Å²) in [5.41, 5.74) is 0. The van der Waals surface area contributed by atoms with E-state index in [1.807, 2.05) is 0 Å². The Bertz CT molecular complexity index is 72.0. The van der Waals surface area contributed by atoms with Crippen molar-refractivity contribution in [2.45, 2.75) is 67.7 Å². The Morgan fingerprint density at radius 1 is 0.615 bits per heavy atom. The first-order chi connectivity index (χ1) is 5.90. The van der Waals surface area contributed by atoms with Crippen LogP contribution in [0.15, 0.2) is 0 Å². The molecule has 0 N–H and O–H groups in total. The highest BCUT2D eigenvalue weighted by Crippen LogP contribution is 2.09. The first-order valence-corrected chi connectivity index (χ1v) is 5.90. The van der Waals surface area contributed by atoms with Gasteiger partial charge in [0.2, 0.25) is 0 Å². The highest BCUT2D eigenvalue weighted by atomic mass is 14.0. The molecule has 0 aliphatic carbocycles. The van der Waals surface area contributed by atoms with Crippen LogP contribution in [0.5, 0.6) is 0 Å². The topological polar surface area (TPSA) is 0 Å². The van der Waals surface area contributed by atoms with Crippen LogP contribution >= 0.6 is 0 Å². The van der Waals surface area contributed by atoms with Crippen molar-refractivity contribution < 1.29 is 0 Å².